The van der Waals surface area contributed by atoms with Crippen molar-refractivity contribution in [1.82, 2.24) is 4.90 Å². The highest BCUT2D eigenvalue weighted by Gasteiger charge is 2.53. The van der Waals surface area contributed by atoms with E-state index in [1.165, 1.54) is 64.5 Å². The van der Waals surface area contributed by atoms with Gasteiger partial charge in [-0.1, -0.05) is 138 Å². The number of rotatable bonds is 8. The van der Waals surface area contributed by atoms with Crippen LogP contribution in [0.5, 0.6) is 0 Å². The van der Waals surface area contributed by atoms with Crippen molar-refractivity contribution in [3.63, 3.8) is 0 Å². The summed E-state index contributed by atoms with van der Waals surface area (Å²) in [4.78, 5) is 2.60. The van der Waals surface area contributed by atoms with Crippen LogP contribution in [0.4, 0.5) is 0 Å². The van der Waals surface area contributed by atoms with E-state index >= 15 is 0 Å². The molecule has 5 rings (SSSR count). The molecule has 347 valence electrons. The van der Waals surface area contributed by atoms with Crippen molar-refractivity contribution in [3.8, 4) is 0 Å². The number of hydrogen-bond acceptors (Lipinski definition) is 2. The van der Waals surface area contributed by atoms with E-state index in [4.69, 9.17) is 4.74 Å². The number of likely N-dealkylation sites (tertiary alicyclic amines) is 1. The van der Waals surface area contributed by atoms with Crippen molar-refractivity contribution >= 4 is 8.41 Å². The molecule has 2 unspecified atom stereocenters. The smallest absolute Gasteiger partial charge is 0.0598 e. The Morgan fingerprint density at radius 2 is 0.638 bits per heavy atom. The number of piperidine rings is 1. The first-order chi connectivity index (χ1) is 26.3. The molecule has 2 heterocycles. The highest BCUT2D eigenvalue weighted by molar-refractivity contribution is 5.75. The standard InChI is InChI=1S/C13H24.C12H24.C11H23N.C11H22O.2C4H10.B/c1-9(2)11-5-13(6-11)7-12(8-13)10(3)4;2*1-9(2)11-5-7-12(8-6-11)10(3)4;1-8(2)10-5-6-11(9(3)4)12-7-10;2*1-4(2)3;/h9-12H,5-8H2,1-4H3;9-12H,5-8H2,1-4H3;9-11H,5-8H2,1-4H3;8-11H,5-7H2,1-4H3;2*4H,1-3H3;. The average molecular weight is 815 g/mol. The summed E-state index contributed by atoms with van der Waals surface area (Å²) >= 11 is 0. The average Bonchev–Trinajstić information content (AvgIpc) is 3.07. The third-order valence-electron chi connectivity index (χ3n) is 14.6. The Morgan fingerprint density at radius 3 is 0.862 bits per heavy atom. The van der Waals surface area contributed by atoms with Gasteiger partial charge in [-0.25, -0.2) is 0 Å². The molecule has 58 heavy (non-hydrogen) atoms. The van der Waals surface area contributed by atoms with E-state index < -0.39 is 0 Å². The molecule has 0 N–H and O–H groups in total. The molecule has 2 saturated heterocycles. The van der Waals surface area contributed by atoms with Crippen LogP contribution >= 0.6 is 0 Å². The van der Waals surface area contributed by atoms with Crippen LogP contribution in [-0.4, -0.2) is 45.2 Å². The van der Waals surface area contributed by atoms with Crippen molar-refractivity contribution in [2.45, 2.75) is 242 Å². The fraction of sp³-hybridized carbons (Fsp3) is 1.00. The minimum Gasteiger partial charge on any atom is -0.378 e. The summed E-state index contributed by atoms with van der Waals surface area (Å²) in [5.74, 6) is 13.7. The van der Waals surface area contributed by atoms with Crippen LogP contribution in [0.2, 0.25) is 0 Å². The van der Waals surface area contributed by atoms with Gasteiger partial charge in [0, 0.05) is 14.5 Å². The van der Waals surface area contributed by atoms with E-state index in [-0.39, 0.29) is 8.41 Å². The summed E-state index contributed by atoms with van der Waals surface area (Å²) in [6.07, 6.45) is 18.1. The van der Waals surface area contributed by atoms with Gasteiger partial charge in [0.15, 0.2) is 0 Å². The Kier molecular flexibility index (Phi) is 32.0. The van der Waals surface area contributed by atoms with E-state index in [0.29, 0.717) is 12.0 Å². The minimum atomic E-state index is 0. The molecule has 3 heteroatoms. The van der Waals surface area contributed by atoms with Gasteiger partial charge in [-0.05, 0) is 198 Å². The molecule has 3 radical (unpaired) electrons. The van der Waals surface area contributed by atoms with E-state index in [2.05, 4.69) is 157 Å². The topological polar surface area (TPSA) is 12.5 Å². The molecule has 0 amide bonds. The Labute approximate surface area is 372 Å². The summed E-state index contributed by atoms with van der Waals surface area (Å²) in [6, 6.07) is 0.748. The normalized spacial score (nSPS) is 28.8. The second-order valence-electron chi connectivity index (χ2n) is 24.4. The van der Waals surface area contributed by atoms with Gasteiger partial charge in [0.25, 0.3) is 0 Å². The van der Waals surface area contributed by atoms with Crippen molar-refractivity contribution < 1.29 is 4.74 Å². The first-order valence-corrected chi connectivity index (χ1v) is 25.7. The maximum absolute atomic E-state index is 5.81. The molecular weight excluding hydrogens is 701 g/mol. The van der Waals surface area contributed by atoms with Crippen molar-refractivity contribution in [3.05, 3.63) is 0 Å². The van der Waals surface area contributed by atoms with E-state index in [9.17, 15) is 0 Å². The molecule has 2 nitrogen and oxygen atoms in total. The molecule has 0 aromatic rings. The second kappa shape index (κ2) is 30.9. The largest absolute Gasteiger partial charge is 0.378 e. The summed E-state index contributed by atoms with van der Waals surface area (Å²) in [5, 5.41) is 0. The lowest BCUT2D eigenvalue weighted by molar-refractivity contribution is -0.0955. The lowest BCUT2D eigenvalue weighted by Crippen LogP contribution is -2.50. The van der Waals surface area contributed by atoms with Crippen LogP contribution < -0.4 is 0 Å². The third kappa shape index (κ3) is 25.2. The first kappa shape index (κ1) is 60.1. The molecule has 2 aliphatic heterocycles. The Morgan fingerprint density at radius 1 is 0.362 bits per heavy atom. The van der Waals surface area contributed by atoms with E-state index in [1.807, 2.05) is 0 Å². The van der Waals surface area contributed by atoms with Gasteiger partial charge >= 0.3 is 0 Å². The number of hydrogen-bond donors (Lipinski definition) is 0. The predicted molar refractivity (Wildman–Crippen MR) is 266 cm³/mol. The predicted octanol–water partition coefficient (Wildman–Crippen LogP) is 17.0. The second-order valence-corrected chi connectivity index (χ2v) is 24.4. The SMILES string of the molecule is CC(C)C.CC(C)C.CC(C)C1CC2(C1)CC(C(C)C)C2.CC(C)C1CCC(C(C)C)CC1.CC(C)C1CCC(C(C)C)OC1.CC(C)C1CCN(C(C)C)CC1.[B]. The maximum atomic E-state index is 5.81. The molecule has 0 aromatic carbocycles. The summed E-state index contributed by atoms with van der Waals surface area (Å²) in [6.45, 7) is 54.1. The number of ether oxygens (including phenoxy) is 1. The summed E-state index contributed by atoms with van der Waals surface area (Å²) in [5.41, 5.74) is 0.851. The summed E-state index contributed by atoms with van der Waals surface area (Å²) in [7, 11) is 0. The zero-order chi connectivity index (χ0) is 44.2. The van der Waals surface area contributed by atoms with Gasteiger partial charge in [0.2, 0.25) is 0 Å². The Balaban J connectivity index is 0. The first-order valence-electron chi connectivity index (χ1n) is 25.7. The van der Waals surface area contributed by atoms with Crippen LogP contribution in [-0.2, 0) is 4.74 Å². The lowest BCUT2D eigenvalue weighted by atomic mass is 9.45. The van der Waals surface area contributed by atoms with Gasteiger partial charge in [0.1, 0.15) is 0 Å². The van der Waals surface area contributed by atoms with Gasteiger partial charge < -0.3 is 9.64 Å². The summed E-state index contributed by atoms with van der Waals surface area (Å²) < 4.78 is 5.81. The van der Waals surface area contributed by atoms with Crippen LogP contribution in [0.1, 0.15) is 229 Å². The maximum Gasteiger partial charge on any atom is 0.0598 e. The minimum absolute atomic E-state index is 0. The molecule has 5 fully saturated rings. The van der Waals surface area contributed by atoms with E-state index in [1.54, 1.807) is 25.7 Å². The van der Waals surface area contributed by atoms with Gasteiger partial charge in [-0.2, -0.15) is 0 Å². The molecular formula is C55H113BNO. The van der Waals surface area contributed by atoms with Crippen molar-refractivity contribution in [1.29, 1.82) is 0 Å². The Hall–Kier alpha value is -0.0151. The molecule has 3 saturated carbocycles. The van der Waals surface area contributed by atoms with Crippen LogP contribution in [0.15, 0.2) is 0 Å². The molecule has 1 spiro atoms. The fourth-order valence-corrected chi connectivity index (χ4v) is 9.81. The van der Waals surface area contributed by atoms with Crippen LogP contribution in [0.3, 0.4) is 0 Å². The zero-order valence-corrected chi connectivity index (χ0v) is 44.4. The van der Waals surface area contributed by atoms with Gasteiger partial charge in [0.05, 0.1) is 12.7 Å². The number of nitrogens with zero attached hydrogens (tertiary/aromatic N) is 1. The van der Waals surface area contributed by atoms with Crippen molar-refractivity contribution in [2.75, 3.05) is 19.7 Å². The highest BCUT2D eigenvalue weighted by atomic mass is 16.5. The van der Waals surface area contributed by atoms with Gasteiger partial charge in [-0.15, -0.1) is 0 Å². The molecule has 2 atom stereocenters. The highest BCUT2D eigenvalue weighted by Crippen LogP contribution is 2.64. The van der Waals surface area contributed by atoms with Gasteiger partial charge in [-0.3, -0.25) is 0 Å². The lowest BCUT2D eigenvalue weighted by Gasteiger charge is -2.60. The quantitative estimate of drug-likeness (QED) is 0.226. The molecule has 5 aliphatic rings. The third-order valence-corrected chi connectivity index (χ3v) is 14.6. The van der Waals surface area contributed by atoms with Crippen LogP contribution in [0.25, 0.3) is 0 Å². The molecule has 3 aliphatic carbocycles. The van der Waals surface area contributed by atoms with Crippen LogP contribution in [0, 0.1) is 94.2 Å². The Bertz CT molecular complexity index is 752. The molecule has 0 aromatic heterocycles. The zero-order valence-electron chi connectivity index (χ0n) is 44.4. The fourth-order valence-electron chi connectivity index (χ4n) is 9.81. The monoisotopic (exact) mass is 815 g/mol. The molecule has 0 bridgehead atoms. The van der Waals surface area contributed by atoms with Crippen molar-refractivity contribution in [2.24, 2.45) is 94.2 Å². The van der Waals surface area contributed by atoms with E-state index in [0.717, 1.165) is 101 Å².